The molecule has 4 heteroatoms. The SMILES string of the molecule is CCCn1c(CCNC(=O)C(C)(C)C)nc2ccccc21. The Morgan fingerprint density at radius 1 is 1.29 bits per heavy atom. The van der Waals surface area contributed by atoms with E-state index in [1.807, 2.05) is 39.0 Å². The number of aromatic nitrogens is 2. The standard InChI is InChI=1S/C17H25N3O/c1-5-12-20-14-9-7-6-8-13(14)19-15(20)10-11-18-16(21)17(2,3)4/h6-9H,5,10-12H2,1-4H3,(H,18,21). The number of amides is 1. The van der Waals surface area contributed by atoms with E-state index in [1.165, 1.54) is 5.52 Å². The smallest absolute Gasteiger partial charge is 0.225 e. The average molecular weight is 287 g/mol. The molecule has 114 valence electrons. The maximum Gasteiger partial charge on any atom is 0.225 e. The van der Waals surface area contributed by atoms with Crippen molar-refractivity contribution in [1.82, 2.24) is 14.9 Å². The van der Waals surface area contributed by atoms with Gasteiger partial charge < -0.3 is 9.88 Å². The van der Waals surface area contributed by atoms with Crippen molar-refractivity contribution < 1.29 is 4.79 Å². The van der Waals surface area contributed by atoms with Crippen LogP contribution < -0.4 is 5.32 Å². The van der Waals surface area contributed by atoms with E-state index in [9.17, 15) is 4.79 Å². The minimum absolute atomic E-state index is 0.0839. The number of hydrogen-bond donors (Lipinski definition) is 1. The highest BCUT2D eigenvalue weighted by molar-refractivity contribution is 5.81. The number of rotatable bonds is 5. The molecule has 0 atom stereocenters. The number of para-hydroxylation sites is 2. The summed E-state index contributed by atoms with van der Waals surface area (Å²) in [4.78, 5) is 16.6. The Balaban J connectivity index is 2.11. The number of aryl methyl sites for hydroxylation is 1. The highest BCUT2D eigenvalue weighted by Gasteiger charge is 2.20. The molecule has 0 saturated carbocycles. The number of carbonyl (C=O) groups excluding carboxylic acids is 1. The van der Waals surface area contributed by atoms with Crippen LogP contribution in [-0.2, 0) is 17.8 Å². The average Bonchev–Trinajstić information content (AvgIpc) is 2.76. The normalized spacial score (nSPS) is 11.8. The molecule has 0 saturated heterocycles. The zero-order chi connectivity index (χ0) is 15.5. The highest BCUT2D eigenvalue weighted by atomic mass is 16.2. The van der Waals surface area contributed by atoms with E-state index < -0.39 is 0 Å². The maximum atomic E-state index is 11.9. The lowest BCUT2D eigenvalue weighted by Gasteiger charge is -2.17. The van der Waals surface area contributed by atoms with Crippen molar-refractivity contribution in [3.05, 3.63) is 30.1 Å². The van der Waals surface area contributed by atoms with E-state index in [2.05, 4.69) is 22.9 Å². The van der Waals surface area contributed by atoms with Gasteiger partial charge in [-0.3, -0.25) is 4.79 Å². The number of nitrogens with one attached hydrogen (secondary N) is 1. The molecule has 0 unspecified atom stereocenters. The van der Waals surface area contributed by atoms with Gasteiger partial charge >= 0.3 is 0 Å². The Morgan fingerprint density at radius 3 is 2.67 bits per heavy atom. The monoisotopic (exact) mass is 287 g/mol. The van der Waals surface area contributed by atoms with Gasteiger partial charge in [0, 0.05) is 24.9 Å². The third kappa shape index (κ3) is 3.63. The van der Waals surface area contributed by atoms with Crippen molar-refractivity contribution in [1.29, 1.82) is 0 Å². The van der Waals surface area contributed by atoms with Gasteiger partial charge in [0.25, 0.3) is 0 Å². The van der Waals surface area contributed by atoms with Crippen LogP contribution in [0.15, 0.2) is 24.3 Å². The molecule has 21 heavy (non-hydrogen) atoms. The van der Waals surface area contributed by atoms with Crippen molar-refractivity contribution in [2.24, 2.45) is 5.41 Å². The van der Waals surface area contributed by atoms with E-state index in [1.54, 1.807) is 0 Å². The molecular weight excluding hydrogens is 262 g/mol. The first-order valence-corrected chi connectivity index (χ1v) is 7.66. The lowest BCUT2D eigenvalue weighted by molar-refractivity contribution is -0.128. The minimum Gasteiger partial charge on any atom is -0.355 e. The zero-order valence-corrected chi connectivity index (χ0v) is 13.4. The Kier molecular flexibility index (Phi) is 4.66. The molecule has 2 rings (SSSR count). The molecule has 0 aliphatic heterocycles. The van der Waals surface area contributed by atoms with Crippen molar-refractivity contribution in [3.8, 4) is 0 Å². The second-order valence-corrected chi connectivity index (χ2v) is 6.42. The van der Waals surface area contributed by atoms with Crippen molar-refractivity contribution in [2.75, 3.05) is 6.54 Å². The molecule has 1 aromatic carbocycles. The molecule has 1 amide bonds. The van der Waals surface area contributed by atoms with Crippen LogP contribution in [0, 0.1) is 5.41 Å². The summed E-state index contributed by atoms with van der Waals surface area (Å²) >= 11 is 0. The van der Waals surface area contributed by atoms with Gasteiger partial charge in [-0.15, -0.1) is 0 Å². The summed E-state index contributed by atoms with van der Waals surface area (Å²) in [6.07, 6.45) is 1.83. The Hall–Kier alpha value is -1.84. The number of hydrogen-bond acceptors (Lipinski definition) is 2. The molecule has 0 spiro atoms. The number of nitrogens with zero attached hydrogens (tertiary/aromatic N) is 2. The topological polar surface area (TPSA) is 46.9 Å². The first-order chi connectivity index (χ1) is 9.93. The second-order valence-electron chi connectivity index (χ2n) is 6.42. The quantitative estimate of drug-likeness (QED) is 0.918. The van der Waals surface area contributed by atoms with Gasteiger partial charge in [0.15, 0.2) is 0 Å². The lowest BCUT2D eigenvalue weighted by atomic mass is 9.96. The number of benzene rings is 1. The highest BCUT2D eigenvalue weighted by Crippen LogP contribution is 2.17. The van der Waals surface area contributed by atoms with Gasteiger partial charge in [-0.25, -0.2) is 4.98 Å². The maximum absolute atomic E-state index is 11.9. The molecule has 0 radical (unpaired) electrons. The van der Waals surface area contributed by atoms with E-state index in [0.717, 1.165) is 30.7 Å². The fraction of sp³-hybridized carbons (Fsp3) is 0.529. The number of carbonyl (C=O) groups is 1. The van der Waals surface area contributed by atoms with Crippen molar-refractivity contribution in [2.45, 2.75) is 47.1 Å². The Bertz CT molecular complexity index is 622. The summed E-state index contributed by atoms with van der Waals surface area (Å²) in [5.41, 5.74) is 1.86. The third-order valence-electron chi connectivity index (χ3n) is 3.50. The molecule has 0 fully saturated rings. The summed E-state index contributed by atoms with van der Waals surface area (Å²) in [5, 5.41) is 2.99. The molecule has 0 aliphatic carbocycles. The number of imidazole rings is 1. The van der Waals surface area contributed by atoms with Crippen LogP contribution in [0.4, 0.5) is 0 Å². The predicted octanol–water partition coefficient (Wildman–Crippen LogP) is 3.15. The molecule has 1 aromatic heterocycles. The Morgan fingerprint density at radius 2 is 2.00 bits per heavy atom. The van der Waals surface area contributed by atoms with Gasteiger partial charge in [0.1, 0.15) is 5.82 Å². The van der Waals surface area contributed by atoms with E-state index >= 15 is 0 Å². The molecule has 1 N–H and O–H groups in total. The van der Waals surface area contributed by atoms with Gasteiger partial charge in [-0.05, 0) is 18.6 Å². The fourth-order valence-corrected chi connectivity index (χ4v) is 2.34. The first kappa shape index (κ1) is 15.5. The van der Waals surface area contributed by atoms with Crippen LogP contribution in [0.1, 0.15) is 39.9 Å². The largest absolute Gasteiger partial charge is 0.355 e. The summed E-state index contributed by atoms with van der Waals surface area (Å²) in [7, 11) is 0. The predicted molar refractivity (Wildman–Crippen MR) is 86.2 cm³/mol. The van der Waals surface area contributed by atoms with Crippen LogP contribution in [0.3, 0.4) is 0 Å². The second kappa shape index (κ2) is 6.29. The minimum atomic E-state index is -0.344. The van der Waals surface area contributed by atoms with E-state index in [0.29, 0.717) is 6.54 Å². The summed E-state index contributed by atoms with van der Waals surface area (Å²) < 4.78 is 2.26. The van der Waals surface area contributed by atoms with Crippen LogP contribution in [0.2, 0.25) is 0 Å². The molecule has 0 bridgehead atoms. The number of fused-ring (bicyclic) bond motifs is 1. The molecule has 4 nitrogen and oxygen atoms in total. The third-order valence-corrected chi connectivity index (χ3v) is 3.50. The molecule has 1 heterocycles. The summed E-state index contributed by atoms with van der Waals surface area (Å²) in [5.74, 6) is 1.13. The van der Waals surface area contributed by atoms with Gasteiger partial charge in [0.05, 0.1) is 11.0 Å². The molecule has 0 aliphatic rings. The van der Waals surface area contributed by atoms with E-state index in [-0.39, 0.29) is 11.3 Å². The zero-order valence-electron chi connectivity index (χ0n) is 13.4. The van der Waals surface area contributed by atoms with Crippen LogP contribution in [0.25, 0.3) is 11.0 Å². The van der Waals surface area contributed by atoms with Gasteiger partial charge in [-0.1, -0.05) is 39.8 Å². The summed E-state index contributed by atoms with van der Waals surface area (Å²) in [6.45, 7) is 9.53. The van der Waals surface area contributed by atoms with Crippen molar-refractivity contribution in [3.63, 3.8) is 0 Å². The van der Waals surface area contributed by atoms with Crippen molar-refractivity contribution >= 4 is 16.9 Å². The molecular formula is C17H25N3O. The summed E-state index contributed by atoms with van der Waals surface area (Å²) in [6, 6.07) is 8.20. The van der Waals surface area contributed by atoms with Crippen LogP contribution >= 0.6 is 0 Å². The van der Waals surface area contributed by atoms with Crippen LogP contribution in [0.5, 0.6) is 0 Å². The Labute approximate surface area is 126 Å². The lowest BCUT2D eigenvalue weighted by Crippen LogP contribution is -2.36. The van der Waals surface area contributed by atoms with Gasteiger partial charge in [0.2, 0.25) is 5.91 Å². The van der Waals surface area contributed by atoms with E-state index in [4.69, 9.17) is 4.98 Å². The fourth-order valence-electron chi connectivity index (χ4n) is 2.34. The van der Waals surface area contributed by atoms with Gasteiger partial charge in [-0.2, -0.15) is 0 Å². The van der Waals surface area contributed by atoms with Crippen LogP contribution in [-0.4, -0.2) is 22.0 Å². The molecule has 2 aromatic rings. The first-order valence-electron chi connectivity index (χ1n) is 7.66.